The third kappa shape index (κ3) is 5.34. The number of benzene rings is 2. The Morgan fingerprint density at radius 2 is 1.68 bits per heavy atom. The molecule has 3 aromatic rings. The zero-order valence-electron chi connectivity index (χ0n) is 25.8. The summed E-state index contributed by atoms with van der Waals surface area (Å²) in [5, 5.41) is 3.87. The highest BCUT2D eigenvalue weighted by Gasteiger charge is 2.54. The van der Waals surface area contributed by atoms with Crippen LogP contribution in [0.3, 0.4) is 0 Å². The first-order valence-corrected chi connectivity index (χ1v) is 16.2. The molecule has 1 spiro atoms. The van der Waals surface area contributed by atoms with Gasteiger partial charge in [0.05, 0.1) is 18.3 Å². The first-order valence-electron chi connectivity index (χ1n) is 14.8. The van der Waals surface area contributed by atoms with Crippen LogP contribution in [-0.4, -0.2) is 79.2 Å². The van der Waals surface area contributed by atoms with Crippen LogP contribution in [0.2, 0.25) is 0 Å². The molecule has 0 bridgehead atoms. The molecular formula is C32H41N5O6S. The van der Waals surface area contributed by atoms with Gasteiger partial charge in [-0.25, -0.2) is 8.42 Å². The topological polar surface area (TPSA) is 155 Å². The van der Waals surface area contributed by atoms with E-state index in [0.717, 1.165) is 22.0 Å². The van der Waals surface area contributed by atoms with E-state index < -0.39 is 43.6 Å². The zero-order valence-corrected chi connectivity index (χ0v) is 26.7. The van der Waals surface area contributed by atoms with Gasteiger partial charge in [0.15, 0.2) is 4.75 Å². The first-order chi connectivity index (χ1) is 20.6. The summed E-state index contributed by atoms with van der Waals surface area (Å²) in [5.74, 6) is -1.48. The summed E-state index contributed by atoms with van der Waals surface area (Å²) in [6.07, 6.45) is 3.16. The SMILES string of the molecule is COC(=O)C(C)(C)S(=O)(=O)N1CC2(CCN(C(=O)[C@@H](Cc3c[nH]c4ccccc34)NC(=O)C(C)(C)N)CC2)c2ccccc21. The summed E-state index contributed by atoms with van der Waals surface area (Å²) in [6.45, 7) is 6.80. The second-order valence-corrected chi connectivity index (χ2v) is 15.4. The predicted molar refractivity (Wildman–Crippen MR) is 168 cm³/mol. The summed E-state index contributed by atoms with van der Waals surface area (Å²) < 4.78 is 32.1. The van der Waals surface area contributed by atoms with Crippen molar-refractivity contribution in [3.8, 4) is 0 Å². The van der Waals surface area contributed by atoms with E-state index in [2.05, 4.69) is 10.3 Å². The fourth-order valence-corrected chi connectivity index (χ4v) is 7.97. The van der Waals surface area contributed by atoms with Crippen molar-refractivity contribution in [1.29, 1.82) is 0 Å². The number of rotatable bonds is 8. The lowest BCUT2D eigenvalue weighted by Crippen LogP contribution is -2.58. The monoisotopic (exact) mass is 623 g/mol. The van der Waals surface area contributed by atoms with E-state index in [0.29, 0.717) is 31.6 Å². The van der Waals surface area contributed by atoms with Crippen molar-refractivity contribution >= 4 is 44.4 Å². The van der Waals surface area contributed by atoms with Crippen molar-refractivity contribution in [2.24, 2.45) is 5.73 Å². The molecular weight excluding hydrogens is 582 g/mol. The number of hydrogen-bond donors (Lipinski definition) is 3. The molecule has 2 amide bonds. The molecule has 44 heavy (non-hydrogen) atoms. The van der Waals surface area contributed by atoms with Gasteiger partial charge in [-0.3, -0.25) is 18.7 Å². The number of methoxy groups -OCH3 is 1. The highest BCUT2D eigenvalue weighted by atomic mass is 32.2. The molecule has 5 rings (SSSR count). The lowest BCUT2D eigenvalue weighted by Gasteiger charge is -2.41. The number of ether oxygens (including phenoxy) is 1. The van der Waals surface area contributed by atoms with Gasteiger partial charge in [-0.05, 0) is 63.8 Å². The van der Waals surface area contributed by atoms with Gasteiger partial charge in [-0.1, -0.05) is 36.4 Å². The number of para-hydroxylation sites is 2. The van der Waals surface area contributed by atoms with Crippen LogP contribution < -0.4 is 15.4 Å². The number of nitrogens with zero attached hydrogens (tertiary/aromatic N) is 2. The van der Waals surface area contributed by atoms with E-state index in [4.69, 9.17) is 10.5 Å². The molecule has 12 heteroatoms. The van der Waals surface area contributed by atoms with Crippen LogP contribution in [0.25, 0.3) is 10.9 Å². The van der Waals surface area contributed by atoms with Gasteiger partial charge in [0.1, 0.15) is 6.04 Å². The van der Waals surface area contributed by atoms with Crippen LogP contribution in [0.1, 0.15) is 51.7 Å². The number of carbonyl (C=O) groups excluding carboxylic acids is 3. The number of aromatic amines is 1. The molecule has 4 N–H and O–H groups in total. The van der Waals surface area contributed by atoms with Crippen molar-refractivity contribution in [3.63, 3.8) is 0 Å². The molecule has 0 unspecified atom stereocenters. The van der Waals surface area contributed by atoms with E-state index in [1.165, 1.54) is 25.3 Å². The number of carbonyl (C=O) groups is 3. The number of hydrogen-bond acceptors (Lipinski definition) is 7. The Labute approximate surface area is 258 Å². The minimum absolute atomic E-state index is 0.161. The number of nitrogens with one attached hydrogen (secondary N) is 2. The summed E-state index contributed by atoms with van der Waals surface area (Å²) in [5.41, 5.74) is 7.62. The van der Waals surface area contributed by atoms with Crippen molar-refractivity contribution in [2.45, 2.75) is 68.7 Å². The number of likely N-dealkylation sites (tertiary alicyclic amines) is 1. The number of anilines is 1. The first kappa shape index (κ1) is 31.5. The molecule has 0 radical (unpaired) electrons. The summed E-state index contributed by atoms with van der Waals surface area (Å²) in [7, 11) is -2.97. The van der Waals surface area contributed by atoms with Crippen LogP contribution in [0.15, 0.2) is 54.7 Å². The fraction of sp³-hybridized carbons (Fsp3) is 0.469. The fourth-order valence-electron chi connectivity index (χ4n) is 6.29. The number of sulfonamides is 1. The van der Waals surface area contributed by atoms with E-state index in [1.807, 2.05) is 42.6 Å². The Morgan fingerprint density at radius 1 is 1.05 bits per heavy atom. The minimum Gasteiger partial charge on any atom is -0.468 e. The van der Waals surface area contributed by atoms with Crippen LogP contribution in [-0.2, 0) is 41.0 Å². The van der Waals surface area contributed by atoms with Gasteiger partial charge in [0.2, 0.25) is 11.8 Å². The van der Waals surface area contributed by atoms with Gasteiger partial charge in [0.25, 0.3) is 10.0 Å². The predicted octanol–water partition coefficient (Wildman–Crippen LogP) is 2.59. The number of esters is 1. The second kappa shape index (κ2) is 11.2. The molecule has 1 saturated heterocycles. The molecule has 11 nitrogen and oxygen atoms in total. The molecule has 0 saturated carbocycles. The molecule has 1 atom stereocenters. The van der Waals surface area contributed by atoms with E-state index in [-0.39, 0.29) is 18.9 Å². The maximum atomic E-state index is 14.0. The number of aromatic nitrogens is 1. The number of H-pyrrole nitrogens is 1. The van der Waals surface area contributed by atoms with E-state index >= 15 is 0 Å². The molecule has 1 aromatic heterocycles. The van der Waals surface area contributed by atoms with Crippen LogP contribution in [0.4, 0.5) is 5.69 Å². The second-order valence-electron chi connectivity index (χ2n) is 12.9. The molecule has 236 valence electrons. The van der Waals surface area contributed by atoms with Gasteiger partial charge in [-0.15, -0.1) is 0 Å². The maximum Gasteiger partial charge on any atom is 0.328 e. The zero-order chi connectivity index (χ0) is 32.1. The highest BCUT2D eigenvalue weighted by Crippen LogP contribution is 2.49. The molecule has 2 aromatic carbocycles. The molecule has 2 aliphatic heterocycles. The third-order valence-electron chi connectivity index (χ3n) is 9.12. The number of fused-ring (bicyclic) bond motifs is 3. The molecule has 1 fully saturated rings. The Morgan fingerprint density at radius 3 is 2.34 bits per heavy atom. The summed E-state index contributed by atoms with van der Waals surface area (Å²) in [4.78, 5) is 44.5. The summed E-state index contributed by atoms with van der Waals surface area (Å²) in [6, 6.07) is 14.3. The number of amides is 2. The maximum absolute atomic E-state index is 14.0. The number of nitrogens with two attached hydrogens (primary N) is 1. The van der Waals surface area contributed by atoms with E-state index in [1.54, 1.807) is 30.9 Å². The third-order valence-corrected chi connectivity index (χ3v) is 11.5. The van der Waals surface area contributed by atoms with Crippen molar-refractivity contribution in [1.82, 2.24) is 15.2 Å². The van der Waals surface area contributed by atoms with Crippen molar-refractivity contribution < 1.29 is 27.5 Å². The Balaban J connectivity index is 1.39. The van der Waals surface area contributed by atoms with Crippen LogP contribution in [0.5, 0.6) is 0 Å². The Kier molecular flexibility index (Phi) is 8.04. The van der Waals surface area contributed by atoms with Crippen molar-refractivity contribution in [2.75, 3.05) is 31.0 Å². The lowest BCUT2D eigenvalue weighted by atomic mass is 9.74. The van der Waals surface area contributed by atoms with Gasteiger partial charge < -0.3 is 25.7 Å². The average Bonchev–Trinajstić information content (AvgIpc) is 3.55. The largest absolute Gasteiger partial charge is 0.468 e. The van der Waals surface area contributed by atoms with Gasteiger partial charge >= 0.3 is 5.97 Å². The standard InChI is InChI=1S/C32H41N5O6S/c1-30(2,33)28(39)35-25(18-21-19-34-24-12-8-6-10-22(21)24)27(38)36-16-14-32(15-17-36)20-37(26-13-9-7-11-23(26)32)44(41,42)31(3,4)29(40)43-5/h6-13,19,25,34H,14-18,20,33H2,1-5H3,(H,35,39)/t25-/m1/s1. The molecule has 3 heterocycles. The molecule has 2 aliphatic rings. The number of piperidine rings is 1. The smallest absolute Gasteiger partial charge is 0.328 e. The van der Waals surface area contributed by atoms with E-state index in [9.17, 15) is 22.8 Å². The van der Waals surface area contributed by atoms with Crippen molar-refractivity contribution in [3.05, 3.63) is 65.9 Å². The van der Waals surface area contributed by atoms with Crippen LogP contribution in [0, 0.1) is 0 Å². The van der Waals surface area contributed by atoms with Gasteiger partial charge in [0, 0.05) is 48.6 Å². The lowest BCUT2D eigenvalue weighted by molar-refractivity contribution is -0.142. The quantitative estimate of drug-likeness (QED) is 0.326. The Bertz CT molecular complexity index is 1700. The minimum atomic E-state index is -4.14. The normalized spacial score (nSPS) is 17.4. The Hall–Kier alpha value is -3.90. The van der Waals surface area contributed by atoms with Crippen LogP contribution >= 0.6 is 0 Å². The highest BCUT2D eigenvalue weighted by molar-refractivity contribution is 7.94. The summed E-state index contributed by atoms with van der Waals surface area (Å²) >= 11 is 0. The average molecular weight is 624 g/mol. The molecule has 0 aliphatic carbocycles. The van der Waals surface area contributed by atoms with Gasteiger partial charge in [-0.2, -0.15) is 0 Å².